The lowest BCUT2D eigenvalue weighted by Crippen LogP contribution is -1.95. The van der Waals surface area contributed by atoms with Crippen molar-refractivity contribution in [2.75, 3.05) is 5.43 Å². The van der Waals surface area contributed by atoms with E-state index in [1.165, 1.54) is 10.4 Å². The number of aromatic nitrogens is 3. The minimum atomic E-state index is 0.743. The summed E-state index contributed by atoms with van der Waals surface area (Å²) in [4.78, 5) is 14.1. The Morgan fingerprint density at radius 2 is 2.09 bits per heavy atom. The fourth-order valence-corrected chi connectivity index (χ4v) is 3.63. The predicted octanol–water partition coefficient (Wildman–Crippen LogP) is 4.24. The number of hydrazone groups is 1. The van der Waals surface area contributed by atoms with Gasteiger partial charge in [0.05, 0.1) is 11.6 Å². The van der Waals surface area contributed by atoms with Gasteiger partial charge in [0, 0.05) is 27.5 Å². The lowest BCUT2D eigenvalue weighted by Gasteiger charge is -2.01. The molecule has 0 radical (unpaired) electrons. The van der Waals surface area contributed by atoms with Gasteiger partial charge in [0.2, 0.25) is 0 Å². The summed E-state index contributed by atoms with van der Waals surface area (Å²) in [6.07, 6.45) is 5.33. The number of rotatable bonds is 3. The van der Waals surface area contributed by atoms with E-state index in [9.17, 15) is 0 Å². The van der Waals surface area contributed by atoms with E-state index in [0.29, 0.717) is 0 Å². The number of hydrogen-bond donors (Lipinski definition) is 2. The number of aryl methyl sites for hydroxylation is 2. The third kappa shape index (κ3) is 2.37. The van der Waals surface area contributed by atoms with Crippen molar-refractivity contribution in [3.8, 4) is 0 Å². The molecule has 0 atom stereocenters. The molecule has 4 aromatic rings. The summed E-state index contributed by atoms with van der Waals surface area (Å²) < 4.78 is 0. The molecule has 5 nitrogen and oxygen atoms in total. The summed E-state index contributed by atoms with van der Waals surface area (Å²) in [6.45, 7) is 4.19. The molecule has 0 aliphatic rings. The molecular weight excluding hydrogens is 306 g/mol. The molecule has 3 heterocycles. The summed E-state index contributed by atoms with van der Waals surface area (Å²) >= 11 is 1.68. The lowest BCUT2D eigenvalue weighted by atomic mass is 10.2. The van der Waals surface area contributed by atoms with Crippen molar-refractivity contribution in [1.82, 2.24) is 15.0 Å². The molecule has 114 valence electrons. The Balaban J connectivity index is 1.67. The van der Waals surface area contributed by atoms with Crippen molar-refractivity contribution in [3.63, 3.8) is 0 Å². The van der Waals surface area contributed by atoms with Crippen LogP contribution in [0.4, 0.5) is 5.82 Å². The minimum Gasteiger partial charge on any atom is -0.361 e. The maximum absolute atomic E-state index is 4.35. The summed E-state index contributed by atoms with van der Waals surface area (Å²) in [7, 11) is 0. The van der Waals surface area contributed by atoms with Crippen LogP contribution in [0.3, 0.4) is 0 Å². The first-order chi connectivity index (χ1) is 11.2. The highest BCUT2D eigenvalue weighted by atomic mass is 32.1. The zero-order valence-corrected chi connectivity index (χ0v) is 13.6. The van der Waals surface area contributed by atoms with Gasteiger partial charge in [-0.25, -0.2) is 9.97 Å². The molecule has 0 aliphatic heterocycles. The quantitative estimate of drug-likeness (QED) is 0.438. The molecule has 4 rings (SSSR count). The third-order valence-electron chi connectivity index (χ3n) is 3.96. The second-order valence-corrected chi connectivity index (χ2v) is 6.55. The van der Waals surface area contributed by atoms with E-state index in [1.54, 1.807) is 23.9 Å². The van der Waals surface area contributed by atoms with Crippen LogP contribution in [0, 0.1) is 13.8 Å². The van der Waals surface area contributed by atoms with E-state index in [2.05, 4.69) is 45.4 Å². The maximum Gasteiger partial charge on any atom is 0.158 e. The smallest absolute Gasteiger partial charge is 0.158 e. The molecule has 0 aliphatic carbocycles. The molecule has 0 spiro atoms. The molecule has 0 bridgehead atoms. The Bertz CT molecular complexity index is 1030. The number of fused-ring (bicyclic) bond motifs is 2. The van der Waals surface area contributed by atoms with Gasteiger partial charge >= 0.3 is 0 Å². The van der Waals surface area contributed by atoms with Gasteiger partial charge in [0.25, 0.3) is 0 Å². The molecule has 6 heteroatoms. The largest absolute Gasteiger partial charge is 0.361 e. The number of hydrogen-bond acceptors (Lipinski definition) is 5. The van der Waals surface area contributed by atoms with E-state index >= 15 is 0 Å². The number of thiophene rings is 1. The number of para-hydroxylation sites is 1. The number of anilines is 1. The van der Waals surface area contributed by atoms with Crippen molar-refractivity contribution < 1.29 is 0 Å². The van der Waals surface area contributed by atoms with Crippen molar-refractivity contribution in [2.45, 2.75) is 13.8 Å². The Hall–Kier alpha value is -2.73. The Morgan fingerprint density at radius 3 is 3.00 bits per heavy atom. The number of nitrogens with one attached hydrogen (secondary N) is 2. The molecule has 3 aromatic heterocycles. The van der Waals surface area contributed by atoms with E-state index in [0.717, 1.165) is 32.5 Å². The molecule has 0 amide bonds. The van der Waals surface area contributed by atoms with Gasteiger partial charge < -0.3 is 4.98 Å². The normalized spacial score (nSPS) is 11.7. The molecule has 23 heavy (non-hydrogen) atoms. The number of aromatic amines is 1. The van der Waals surface area contributed by atoms with E-state index in [1.807, 2.05) is 24.4 Å². The molecule has 0 unspecified atom stereocenters. The zero-order chi connectivity index (χ0) is 15.8. The SMILES string of the molecule is Cc1sc2ncnc(N/N=C\c3c[nH]c4ccccc34)c2c1C. The first kappa shape index (κ1) is 13.9. The van der Waals surface area contributed by atoms with Crippen LogP contribution < -0.4 is 5.43 Å². The molecule has 0 saturated carbocycles. The zero-order valence-electron chi connectivity index (χ0n) is 12.8. The predicted molar refractivity (Wildman–Crippen MR) is 96.4 cm³/mol. The second kappa shape index (κ2) is 5.48. The van der Waals surface area contributed by atoms with Crippen LogP contribution in [0.5, 0.6) is 0 Å². The van der Waals surface area contributed by atoms with Gasteiger partial charge in [0.1, 0.15) is 11.2 Å². The fraction of sp³-hybridized carbons (Fsp3) is 0.118. The average Bonchev–Trinajstić information content (AvgIpc) is 3.10. The van der Waals surface area contributed by atoms with Crippen LogP contribution in [0.2, 0.25) is 0 Å². The van der Waals surface area contributed by atoms with Crippen LogP contribution in [-0.4, -0.2) is 21.2 Å². The van der Waals surface area contributed by atoms with Crippen LogP contribution in [0.15, 0.2) is 41.9 Å². The van der Waals surface area contributed by atoms with Gasteiger partial charge in [-0.3, -0.25) is 5.43 Å². The average molecular weight is 321 g/mol. The van der Waals surface area contributed by atoms with Crippen LogP contribution in [0.1, 0.15) is 16.0 Å². The van der Waals surface area contributed by atoms with Crippen molar-refractivity contribution >= 4 is 44.5 Å². The monoisotopic (exact) mass is 321 g/mol. The fourth-order valence-electron chi connectivity index (χ4n) is 2.63. The number of H-pyrrole nitrogens is 1. The van der Waals surface area contributed by atoms with E-state index in [-0.39, 0.29) is 0 Å². The third-order valence-corrected chi connectivity index (χ3v) is 5.08. The van der Waals surface area contributed by atoms with Crippen LogP contribution >= 0.6 is 11.3 Å². The second-order valence-electron chi connectivity index (χ2n) is 5.35. The highest BCUT2D eigenvalue weighted by molar-refractivity contribution is 7.18. The molecule has 0 fully saturated rings. The molecule has 0 saturated heterocycles. The summed E-state index contributed by atoms with van der Waals surface area (Å²) in [5, 5.41) is 6.55. The van der Waals surface area contributed by atoms with E-state index < -0.39 is 0 Å². The van der Waals surface area contributed by atoms with Gasteiger partial charge in [-0.05, 0) is 25.5 Å². The Kier molecular flexibility index (Phi) is 3.31. The Labute approximate surface area is 137 Å². The van der Waals surface area contributed by atoms with Crippen LogP contribution in [0.25, 0.3) is 21.1 Å². The molecule has 2 N–H and O–H groups in total. The van der Waals surface area contributed by atoms with Crippen molar-refractivity contribution in [3.05, 3.63) is 52.8 Å². The minimum absolute atomic E-state index is 0.743. The van der Waals surface area contributed by atoms with Gasteiger partial charge in [-0.15, -0.1) is 11.3 Å². The highest BCUT2D eigenvalue weighted by Crippen LogP contribution is 2.32. The molecular formula is C17H15N5S. The number of nitrogens with zero attached hydrogens (tertiary/aromatic N) is 3. The van der Waals surface area contributed by atoms with Gasteiger partial charge in [-0.2, -0.15) is 5.10 Å². The molecule has 1 aromatic carbocycles. The van der Waals surface area contributed by atoms with E-state index in [4.69, 9.17) is 0 Å². The van der Waals surface area contributed by atoms with Gasteiger partial charge in [-0.1, -0.05) is 18.2 Å². The van der Waals surface area contributed by atoms with Crippen molar-refractivity contribution in [2.24, 2.45) is 5.10 Å². The van der Waals surface area contributed by atoms with Crippen LogP contribution in [-0.2, 0) is 0 Å². The standard InChI is InChI=1S/C17H15N5S/c1-10-11(2)23-17-15(10)16(19-9-20-17)22-21-8-12-7-18-14-6-4-3-5-13(12)14/h3-9,18H,1-2H3,(H,19,20,22)/b21-8-. The summed E-state index contributed by atoms with van der Waals surface area (Å²) in [5.41, 5.74) is 6.40. The summed E-state index contributed by atoms with van der Waals surface area (Å²) in [6, 6.07) is 8.15. The topological polar surface area (TPSA) is 66.0 Å². The lowest BCUT2D eigenvalue weighted by molar-refractivity contribution is 1.19. The van der Waals surface area contributed by atoms with Gasteiger partial charge in [0.15, 0.2) is 5.82 Å². The number of benzene rings is 1. The Morgan fingerprint density at radius 1 is 1.22 bits per heavy atom. The highest BCUT2D eigenvalue weighted by Gasteiger charge is 2.11. The van der Waals surface area contributed by atoms with Crippen molar-refractivity contribution in [1.29, 1.82) is 0 Å². The first-order valence-electron chi connectivity index (χ1n) is 7.30. The summed E-state index contributed by atoms with van der Waals surface area (Å²) in [5.74, 6) is 0.743. The first-order valence-corrected chi connectivity index (χ1v) is 8.11. The maximum atomic E-state index is 4.35.